The van der Waals surface area contributed by atoms with Gasteiger partial charge in [-0.05, 0) is 69.3 Å². The number of amides is 1. The van der Waals surface area contributed by atoms with E-state index in [1.807, 2.05) is 6.92 Å². The van der Waals surface area contributed by atoms with E-state index in [-0.39, 0.29) is 17.0 Å². The number of hydrogen-bond acceptors (Lipinski definition) is 5. The number of non-ortho nitro benzene ring substituents is 1. The van der Waals surface area contributed by atoms with Gasteiger partial charge in [0.2, 0.25) is 17.5 Å². The fourth-order valence-corrected chi connectivity index (χ4v) is 6.69. The number of nitro groups is 1. The molecule has 1 amide bonds. The Balaban J connectivity index is 1.53. The van der Waals surface area contributed by atoms with Crippen molar-refractivity contribution in [2.75, 3.05) is 0 Å². The second kappa shape index (κ2) is 5.78. The predicted molar refractivity (Wildman–Crippen MR) is 102 cm³/mol. The maximum Gasteiger partial charge on any atom is 0.270 e. The summed E-state index contributed by atoms with van der Waals surface area (Å²) in [6.07, 6.45) is 7.10. The number of nitro benzene ring substituents is 1. The lowest BCUT2D eigenvalue weighted by atomic mass is 9.47. The van der Waals surface area contributed by atoms with Gasteiger partial charge >= 0.3 is 0 Å². The Hall–Kier alpha value is -2.44. The molecule has 4 bridgehead atoms. The normalized spacial score (nSPS) is 38.3. The SMILES string of the molecule is CC(=O)N1N=C(c2cccc([N+](=O)[O-])c2)O[C@]1(C)C12CC3CC(CC(C3)C1)C2. The van der Waals surface area contributed by atoms with Crippen molar-refractivity contribution >= 4 is 17.5 Å². The first-order chi connectivity index (χ1) is 13.3. The summed E-state index contributed by atoms with van der Waals surface area (Å²) < 4.78 is 6.46. The molecule has 0 saturated heterocycles. The molecule has 28 heavy (non-hydrogen) atoms. The Labute approximate surface area is 163 Å². The molecule has 1 aromatic carbocycles. The van der Waals surface area contributed by atoms with Crippen LogP contribution < -0.4 is 0 Å². The maximum atomic E-state index is 12.5. The molecule has 4 fully saturated rings. The molecule has 1 atom stereocenters. The molecular formula is C21H25N3O4. The predicted octanol–water partition coefficient (Wildman–Crippen LogP) is 4.07. The number of ether oxygens (including phenoxy) is 1. The highest BCUT2D eigenvalue weighted by atomic mass is 16.6. The van der Waals surface area contributed by atoms with E-state index in [2.05, 4.69) is 5.10 Å². The minimum absolute atomic E-state index is 0.0124. The van der Waals surface area contributed by atoms with Crippen molar-refractivity contribution in [2.45, 2.75) is 58.1 Å². The van der Waals surface area contributed by atoms with Crippen LogP contribution in [0.2, 0.25) is 0 Å². The molecule has 1 heterocycles. The van der Waals surface area contributed by atoms with Crippen LogP contribution in [0, 0.1) is 33.3 Å². The third-order valence-corrected chi connectivity index (χ3v) is 7.51. The smallest absolute Gasteiger partial charge is 0.270 e. The minimum atomic E-state index is -0.838. The Morgan fingerprint density at radius 2 is 1.82 bits per heavy atom. The molecule has 4 saturated carbocycles. The Morgan fingerprint density at radius 1 is 1.21 bits per heavy atom. The zero-order valence-electron chi connectivity index (χ0n) is 16.3. The highest BCUT2D eigenvalue weighted by molar-refractivity contribution is 5.97. The molecule has 0 radical (unpaired) electrons. The largest absolute Gasteiger partial charge is 0.447 e. The quantitative estimate of drug-likeness (QED) is 0.582. The van der Waals surface area contributed by atoms with E-state index in [9.17, 15) is 14.9 Å². The highest BCUT2D eigenvalue weighted by Crippen LogP contribution is 2.65. The van der Waals surface area contributed by atoms with Crippen LogP contribution in [0.3, 0.4) is 0 Å². The van der Waals surface area contributed by atoms with Crippen LogP contribution in [-0.4, -0.2) is 27.5 Å². The fraction of sp³-hybridized carbons (Fsp3) is 0.619. The van der Waals surface area contributed by atoms with E-state index in [1.165, 1.54) is 43.3 Å². The molecule has 6 rings (SSSR count). The van der Waals surface area contributed by atoms with Gasteiger partial charge in [0.05, 0.1) is 4.92 Å². The molecule has 7 heteroatoms. The van der Waals surface area contributed by atoms with Crippen LogP contribution in [0.1, 0.15) is 57.9 Å². The van der Waals surface area contributed by atoms with Crippen LogP contribution in [0.5, 0.6) is 0 Å². The molecule has 1 aliphatic heterocycles. The van der Waals surface area contributed by atoms with Crippen molar-refractivity contribution in [2.24, 2.45) is 28.3 Å². The van der Waals surface area contributed by atoms with Crippen molar-refractivity contribution in [3.63, 3.8) is 0 Å². The van der Waals surface area contributed by atoms with Crippen LogP contribution >= 0.6 is 0 Å². The van der Waals surface area contributed by atoms with Crippen LogP contribution in [0.15, 0.2) is 29.4 Å². The number of carbonyl (C=O) groups excluding carboxylic acids is 1. The molecule has 0 unspecified atom stereocenters. The minimum Gasteiger partial charge on any atom is -0.447 e. The first-order valence-corrected chi connectivity index (χ1v) is 10.1. The summed E-state index contributed by atoms with van der Waals surface area (Å²) in [6.45, 7) is 3.51. The molecule has 4 aliphatic carbocycles. The lowest BCUT2D eigenvalue weighted by molar-refractivity contribution is -0.384. The lowest BCUT2D eigenvalue weighted by Crippen LogP contribution is -2.63. The van der Waals surface area contributed by atoms with Gasteiger partial charge in [-0.2, -0.15) is 5.01 Å². The third-order valence-electron chi connectivity index (χ3n) is 7.51. The zero-order chi connectivity index (χ0) is 19.7. The van der Waals surface area contributed by atoms with E-state index in [0.717, 1.165) is 19.3 Å². The third kappa shape index (κ3) is 2.41. The number of hydrogen-bond donors (Lipinski definition) is 0. The molecule has 0 spiro atoms. The van der Waals surface area contributed by atoms with Crippen molar-refractivity contribution in [3.05, 3.63) is 39.9 Å². The second-order valence-electron chi connectivity index (χ2n) is 9.33. The van der Waals surface area contributed by atoms with Gasteiger partial charge in [-0.15, -0.1) is 5.10 Å². The van der Waals surface area contributed by atoms with E-state index < -0.39 is 10.6 Å². The van der Waals surface area contributed by atoms with Crippen LogP contribution in [-0.2, 0) is 9.53 Å². The summed E-state index contributed by atoms with van der Waals surface area (Å²) in [5.74, 6) is 2.28. The van der Waals surface area contributed by atoms with Gasteiger partial charge in [0.15, 0.2) is 0 Å². The van der Waals surface area contributed by atoms with Gasteiger partial charge in [-0.3, -0.25) is 14.9 Å². The number of carbonyl (C=O) groups is 1. The van der Waals surface area contributed by atoms with Crippen molar-refractivity contribution in [1.29, 1.82) is 0 Å². The highest BCUT2D eigenvalue weighted by Gasteiger charge is 2.65. The van der Waals surface area contributed by atoms with Gasteiger partial charge in [0.25, 0.3) is 5.69 Å². The zero-order valence-corrected chi connectivity index (χ0v) is 16.3. The molecule has 0 aromatic heterocycles. The summed E-state index contributed by atoms with van der Waals surface area (Å²) in [6, 6.07) is 6.27. The molecule has 1 aromatic rings. The van der Waals surface area contributed by atoms with E-state index in [1.54, 1.807) is 12.1 Å². The number of rotatable bonds is 3. The summed E-state index contributed by atoms with van der Waals surface area (Å²) in [4.78, 5) is 23.3. The van der Waals surface area contributed by atoms with E-state index in [4.69, 9.17) is 4.74 Å². The van der Waals surface area contributed by atoms with Crippen molar-refractivity contribution < 1.29 is 14.5 Å². The number of benzene rings is 1. The van der Waals surface area contributed by atoms with Gasteiger partial charge in [-0.1, -0.05) is 6.07 Å². The fourth-order valence-electron chi connectivity index (χ4n) is 6.69. The Kier molecular flexibility index (Phi) is 3.64. The average Bonchev–Trinajstić information content (AvgIpc) is 3.00. The van der Waals surface area contributed by atoms with E-state index in [0.29, 0.717) is 29.2 Å². The van der Waals surface area contributed by atoms with E-state index >= 15 is 0 Å². The number of nitrogens with zero attached hydrogens (tertiary/aromatic N) is 3. The molecule has 7 nitrogen and oxygen atoms in total. The van der Waals surface area contributed by atoms with Gasteiger partial charge < -0.3 is 4.74 Å². The summed E-state index contributed by atoms with van der Waals surface area (Å²) in [7, 11) is 0. The van der Waals surface area contributed by atoms with Gasteiger partial charge in [0, 0.05) is 30.0 Å². The Bertz CT molecular complexity index is 860. The molecular weight excluding hydrogens is 358 g/mol. The molecule has 148 valence electrons. The Morgan fingerprint density at radius 3 is 2.36 bits per heavy atom. The summed E-state index contributed by atoms with van der Waals surface area (Å²) >= 11 is 0. The number of hydrazone groups is 1. The van der Waals surface area contributed by atoms with Crippen LogP contribution in [0.25, 0.3) is 0 Å². The lowest BCUT2D eigenvalue weighted by Gasteiger charge is -2.61. The van der Waals surface area contributed by atoms with Crippen molar-refractivity contribution in [3.8, 4) is 0 Å². The first kappa shape index (κ1) is 17.6. The summed E-state index contributed by atoms with van der Waals surface area (Å²) in [5.41, 5.74) is -0.413. The van der Waals surface area contributed by atoms with Gasteiger partial charge in [0.1, 0.15) is 0 Å². The molecule has 5 aliphatic rings. The topological polar surface area (TPSA) is 85.0 Å². The second-order valence-corrected chi connectivity index (χ2v) is 9.33. The average molecular weight is 383 g/mol. The monoisotopic (exact) mass is 383 g/mol. The van der Waals surface area contributed by atoms with Crippen molar-refractivity contribution in [1.82, 2.24) is 5.01 Å². The van der Waals surface area contributed by atoms with Crippen LogP contribution in [0.4, 0.5) is 5.69 Å². The standard InChI is InChI=1S/C21H25N3O4/c1-13(25)23-20(2,21-10-14-6-15(11-21)8-16(7-14)12-21)28-19(22-23)17-4-3-5-18(9-17)24(26)27/h3-5,9,14-16H,6-8,10-12H2,1-2H3/t14?,15?,16?,20-,21?/m1/s1. The maximum absolute atomic E-state index is 12.5. The molecule has 0 N–H and O–H groups in total. The first-order valence-electron chi connectivity index (χ1n) is 10.1. The van der Waals surface area contributed by atoms with Gasteiger partial charge in [-0.25, -0.2) is 0 Å². The summed E-state index contributed by atoms with van der Waals surface area (Å²) in [5, 5.41) is 17.2.